The molecule has 0 saturated heterocycles. The molecule has 3 saturated carbocycles. The Morgan fingerprint density at radius 2 is 0.923 bits per heavy atom. The first-order valence-electron chi connectivity index (χ1n) is 11.8. The maximum absolute atomic E-state index is 6.93. The van der Waals surface area contributed by atoms with Gasteiger partial charge in [0.2, 0.25) is 0 Å². The van der Waals surface area contributed by atoms with Crippen molar-refractivity contribution in [1.29, 1.82) is 0 Å². The zero-order chi connectivity index (χ0) is 18.2. The van der Waals surface area contributed by atoms with Crippen molar-refractivity contribution in [3.8, 4) is 0 Å². The van der Waals surface area contributed by atoms with Gasteiger partial charge in [-0.1, -0.05) is 71.6 Å². The molecule has 0 radical (unpaired) electrons. The SMILES string of the molecule is CCC(C)[Si](OC1CCCCC1)(OC1CCCCC1)OC1CCCCC1. The fourth-order valence-electron chi connectivity index (χ4n) is 4.93. The predicted molar refractivity (Wildman–Crippen MR) is 109 cm³/mol. The third-order valence-corrected chi connectivity index (χ3v) is 10.5. The van der Waals surface area contributed by atoms with Gasteiger partial charge in [-0.15, -0.1) is 0 Å². The molecule has 0 heterocycles. The average Bonchev–Trinajstić information content (AvgIpc) is 2.69. The van der Waals surface area contributed by atoms with Gasteiger partial charge in [0.05, 0.1) is 0 Å². The van der Waals surface area contributed by atoms with E-state index in [0.29, 0.717) is 23.9 Å². The van der Waals surface area contributed by atoms with Crippen LogP contribution in [0.2, 0.25) is 5.54 Å². The van der Waals surface area contributed by atoms with Crippen molar-refractivity contribution in [1.82, 2.24) is 0 Å². The van der Waals surface area contributed by atoms with Crippen LogP contribution in [0, 0.1) is 0 Å². The largest absolute Gasteiger partial charge is 0.504 e. The van der Waals surface area contributed by atoms with Crippen molar-refractivity contribution >= 4 is 8.80 Å². The molecule has 0 amide bonds. The Morgan fingerprint density at radius 1 is 0.615 bits per heavy atom. The Bertz CT molecular complexity index is 335. The number of rotatable bonds is 8. The van der Waals surface area contributed by atoms with Crippen molar-refractivity contribution in [2.75, 3.05) is 0 Å². The van der Waals surface area contributed by atoms with E-state index in [4.69, 9.17) is 13.3 Å². The third kappa shape index (κ3) is 5.80. The molecule has 0 aliphatic heterocycles. The minimum Gasteiger partial charge on any atom is -0.370 e. The van der Waals surface area contributed by atoms with Crippen molar-refractivity contribution in [3.63, 3.8) is 0 Å². The van der Waals surface area contributed by atoms with E-state index in [2.05, 4.69) is 13.8 Å². The van der Waals surface area contributed by atoms with Crippen molar-refractivity contribution in [3.05, 3.63) is 0 Å². The smallest absolute Gasteiger partial charge is 0.370 e. The number of hydrogen-bond acceptors (Lipinski definition) is 3. The number of hydrogen-bond donors (Lipinski definition) is 0. The van der Waals surface area contributed by atoms with Crippen LogP contribution in [0.15, 0.2) is 0 Å². The molecule has 0 aromatic carbocycles. The van der Waals surface area contributed by atoms with Crippen LogP contribution in [0.3, 0.4) is 0 Å². The Hall–Kier alpha value is 0.0969. The van der Waals surface area contributed by atoms with Crippen LogP contribution in [0.25, 0.3) is 0 Å². The molecular weight excluding hydrogens is 340 g/mol. The van der Waals surface area contributed by atoms with E-state index in [-0.39, 0.29) is 0 Å². The lowest BCUT2D eigenvalue weighted by atomic mass is 9.98. The molecule has 152 valence electrons. The molecule has 26 heavy (non-hydrogen) atoms. The molecule has 0 bridgehead atoms. The van der Waals surface area contributed by atoms with Gasteiger partial charge in [0.15, 0.2) is 0 Å². The molecular formula is C22H42O3Si. The minimum absolute atomic E-state index is 0.372. The summed E-state index contributed by atoms with van der Waals surface area (Å²) in [5, 5.41) is 0. The van der Waals surface area contributed by atoms with E-state index >= 15 is 0 Å². The highest BCUT2D eigenvalue weighted by Crippen LogP contribution is 2.38. The van der Waals surface area contributed by atoms with Crippen LogP contribution >= 0.6 is 0 Å². The quantitative estimate of drug-likeness (QED) is 0.433. The normalized spacial score (nSPS) is 26.1. The van der Waals surface area contributed by atoms with E-state index in [1.807, 2.05) is 0 Å². The van der Waals surface area contributed by atoms with Gasteiger partial charge in [0, 0.05) is 23.9 Å². The van der Waals surface area contributed by atoms with Gasteiger partial charge < -0.3 is 13.3 Å². The van der Waals surface area contributed by atoms with Crippen molar-refractivity contribution < 1.29 is 13.3 Å². The van der Waals surface area contributed by atoms with Gasteiger partial charge in [-0.2, -0.15) is 0 Å². The molecule has 1 atom stereocenters. The summed E-state index contributed by atoms with van der Waals surface area (Å²) in [6, 6.07) is 0. The van der Waals surface area contributed by atoms with E-state index in [0.717, 1.165) is 6.42 Å². The summed E-state index contributed by atoms with van der Waals surface area (Å²) < 4.78 is 20.8. The van der Waals surface area contributed by atoms with Crippen LogP contribution < -0.4 is 0 Å². The van der Waals surface area contributed by atoms with Gasteiger partial charge in [0.1, 0.15) is 0 Å². The second kappa shape index (κ2) is 10.6. The second-order valence-corrected chi connectivity index (χ2v) is 11.9. The summed E-state index contributed by atoms with van der Waals surface area (Å²) >= 11 is 0. The Labute approximate surface area is 162 Å². The topological polar surface area (TPSA) is 27.7 Å². The van der Waals surface area contributed by atoms with Crippen molar-refractivity contribution in [2.45, 2.75) is 140 Å². The highest BCUT2D eigenvalue weighted by molar-refractivity contribution is 6.62. The monoisotopic (exact) mass is 382 g/mol. The first kappa shape index (κ1) is 20.8. The maximum Gasteiger partial charge on any atom is 0.504 e. The lowest BCUT2D eigenvalue weighted by Gasteiger charge is -2.43. The zero-order valence-electron chi connectivity index (χ0n) is 17.3. The summed E-state index contributed by atoms with van der Waals surface area (Å²) in [5.41, 5.74) is 0.410. The molecule has 0 aromatic heterocycles. The predicted octanol–water partition coefficient (Wildman–Crippen LogP) is 6.77. The maximum atomic E-state index is 6.93. The molecule has 0 N–H and O–H groups in total. The molecule has 0 aromatic rings. The third-order valence-electron chi connectivity index (χ3n) is 6.87. The van der Waals surface area contributed by atoms with Crippen LogP contribution in [-0.2, 0) is 13.3 Å². The summed E-state index contributed by atoms with van der Waals surface area (Å²) in [6.07, 6.45) is 21.4. The summed E-state index contributed by atoms with van der Waals surface area (Å²) in [6.45, 7) is 4.62. The van der Waals surface area contributed by atoms with Gasteiger partial charge in [-0.25, -0.2) is 0 Å². The van der Waals surface area contributed by atoms with E-state index in [1.54, 1.807) is 0 Å². The minimum atomic E-state index is -2.66. The van der Waals surface area contributed by atoms with E-state index in [1.165, 1.54) is 96.3 Å². The second-order valence-electron chi connectivity index (χ2n) is 9.05. The summed E-state index contributed by atoms with van der Waals surface area (Å²) in [7, 11) is -2.66. The molecule has 1 unspecified atom stereocenters. The van der Waals surface area contributed by atoms with Crippen LogP contribution in [0.1, 0.15) is 117 Å². The molecule has 3 rings (SSSR count). The molecule has 3 nitrogen and oxygen atoms in total. The molecule has 3 aliphatic rings. The average molecular weight is 383 g/mol. The van der Waals surface area contributed by atoms with Crippen LogP contribution in [-0.4, -0.2) is 27.1 Å². The summed E-state index contributed by atoms with van der Waals surface area (Å²) in [5.74, 6) is 0. The van der Waals surface area contributed by atoms with E-state index in [9.17, 15) is 0 Å². The molecule has 0 spiro atoms. The Kier molecular flexibility index (Phi) is 8.48. The van der Waals surface area contributed by atoms with Gasteiger partial charge in [-0.3, -0.25) is 0 Å². The molecule has 3 aliphatic carbocycles. The van der Waals surface area contributed by atoms with Gasteiger partial charge >= 0.3 is 8.80 Å². The van der Waals surface area contributed by atoms with Gasteiger partial charge in [-0.05, 0) is 44.9 Å². The highest BCUT2D eigenvalue weighted by atomic mass is 28.4. The highest BCUT2D eigenvalue weighted by Gasteiger charge is 2.51. The molecule has 3 fully saturated rings. The fourth-order valence-corrected chi connectivity index (χ4v) is 8.39. The standard InChI is InChI=1S/C22H42O3Si/c1-3-19(2)26(23-20-13-7-4-8-14-20,24-21-15-9-5-10-16-21)25-22-17-11-6-12-18-22/h19-22H,3-18H2,1-2H3. The first-order chi connectivity index (χ1) is 12.7. The van der Waals surface area contributed by atoms with Crippen LogP contribution in [0.5, 0.6) is 0 Å². The summed E-state index contributed by atoms with van der Waals surface area (Å²) in [4.78, 5) is 0. The fraction of sp³-hybridized carbons (Fsp3) is 1.00. The zero-order valence-corrected chi connectivity index (χ0v) is 18.3. The van der Waals surface area contributed by atoms with E-state index < -0.39 is 8.80 Å². The Morgan fingerprint density at radius 3 is 1.19 bits per heavy atom. The lowest BCUT2D eigenvalue weighted by Crippen LogP contribution is -2.56. The lowest BCUT2D eigenvalue weighted by molar-refractivity contribution is -0.0466. The molecule has 4 heteroatoms. The van der Waals surface area contributed by atoms with Crippen LogP contribution in [0.4, 0.5) is 0 Å². The Balaban J connectivity index is 1.75. The van der Waals surface area contributed by atoms with Gasteiger partial charge in [0.25, 0.3) is 0 Å². The van der Waals surface area contributed by atoms with Crippen molar-refractivity contribution in [2.24, 2.45) is 0 Å². The first-order valence-corrected chi connectivity index (χ1v) is 13.6.